The molecule has 1 aliphatic rings. The molecule has 0 radical (unpaired) electrons. The summed E-state index contributed by atoms with van der Waals surface area (Å²) in [5, 5.41) is 6.78. The van der Waals surface area contributed by atoms with Crippen LogP contribution in [-0.4, -0.2) is 50.5 Å². The molecule has 0 saturated carbocycles. The van der Waals surface area contributed by atoms with Crippen LogP contribution in [0.5, 0.6) is 5.75 Å². The Labute approximate surface area is 189 Å². The maximum absolute atomic E-state index is 14.6. The van der Waals surface area contributed by atoms with Crippen molar-refractivity contribution < 1.29 is 23.5 Å². The number of carbonyl (C=O) groups excluding carboxylic acids is 2. The van der Waals surface area contributed by atoms with Crippen molar-refractivity contribution in [3.05, 3.63) is 34.9 Å². The molecular formula is C22H27FN6O4. The summed E-state index contributed by atoms with van der Waals surface area (Å²) in [6.07, 6.45) is 1.32. The quantitative estimate of drug-likeness (QED) is 0.619. The first-order valence-corrected chi connectivity index (χ1v) is 10.9. The van der Waals surface area contributed by atoms with Gasteiger partial charge in [0.2, 0.25) is 11.9 Å². The topological polar surface area (TPSA) is 126 Å². The molecule has 10 nitrogen and oxygen atoms in total. The van der Waals surface area contributed by atoms with Crippen molar-refractivity contribution in [1.29, 1.82) is 0 Å². The summed E-state index contributed by atoms with van der Waals surface area (Å²) in [7, 11) is 0. The van der Waals surface area contributed by atoms with E-state index >= 15 is 0 Å². The molecule has 0 saturated heterocycles. The maximum Gasteiger partial charge on any atom is 0.279 e. The number of rotatable bonds is 4. The van der Waals surface area contributed by atoms with Gasteiger partial charge in [0.1, 0.15) is 11.3 Å². The molecule has 4 rings (SSSR count). The Hall–Kier alpha value is -3.47. The van der Waals surface area contributed by atoms with Gasteiger partial charge in [-0.25, -0.2) is 9.37 Å². The number of nitrogens with one attached hydrogen (secondary N) is 1. The van der Waals surface area contributed by atoms with E-state index in [0.29, 0.717) is 55.9 Å². The second-order valence-corrected chi connectivity index (χ2v) is 7.98. The van der Waals surface area contributed by atoms with E-state index in [1.165, 1.54) is 11.6 Å². The monoisotopic (exact) mass is 458 g/mol. The van der Waals surface area contributed by atoms with Crippen molar-refractivity contribution >= 4 is 28.8 Å². The minimum Gasteiger partial charge on any atom is -0.491 e. The number of nitrogens with two attached hydrogens (primary N) is 1. The van der Waals surface area contributed by atoms with E-state index in [2.05, 4.69) is 15.4 Å². The van der Waals surface area contributed by atoms with Gasteiger partial charge < -0.3 is 19.8 Å². The lowest BCUT2D eigenvalue weighted by Crippen LogP contribution is -2.21. The third-order valence-corrected chi connectivity index (χ3v) is 5.60. The summed E-state index contributed by atoms with van der Waals surface area (Å²) in [5.74, 6) is -1.32. The highest BCUT2D eigenvalue weighted by molar-refractivity contribution is 6.04. The minimum atomic E-state index is -0.676. The van der Waals surface area contributed by atoms with Crippen molar-refractivity contribution in [3.63, 3.8) is 0 Å². The number of primary amides is 1. The Morgan fingerprint density at radius 1 is 1.33 bits per heavy atom. The largest absolute Gasteiger partial charge is 0.491 e. The number of anilines is 1. The summed E-state index contributed by atoms with van der Waals surface area (Å²) in [6, 6.07) is 3.13. The third-order valence-electron chi connectivity index (χ3n) is 5.60. The fourth-order valence-electron chi connectivity index (χ4n) is 3.89. The van der Waals surface area contributed by atoms with Crippen molar-refractivity contribution in [2.24, 2.45) is 5.73 Å². The standard InChI is InChI=1S/C22H27FN6O4/c1-4-29-19(17(23)13(3)27-29)21(31)26-22-25-15-10-14(20(24)30)11-16-18(15)28(22)7-5-8-32-12(2)6-9-33-16/h10-12H,4-9H2,1-3H3,(H2,24,30)(H,25,26,31)/t12-/m1/s1. The molecular weight excluding hydrogens is 431 g/mol. The van der Waals surface area contributed by atoms with Crippen LogP contribution in [0.1, 0.15) is 53.2 Å². The van der Waals surface area contributed by atoms with Crippen LogP contribution in [0.4, 0.5) is 10.3 Å². The second-order valence-electron chi connectivity index (χ2n) is 7.98. The molecule has 176 valence electrons. The van der Waals surface area contributed by atoms with Crippen LogP contribution in [0.25, 0.3) is 11.0 Å². The van der Waals surface area contributed by atoms with Crippen LogP contribution < -0.4 is 15.8 Å². The number of hydrogen-bond donors (Lipinski definition) is 2. The molecule has 11 heteroatoms. The third kappa shape index (κ3) is 4.40. The number of benzene rings is 1. The van der Waals surface area contributed by atoms with E-state index in [-0.39, 0.29) is 29.0 Å². The predicted octanol–water partition coefficient (Wildman–Crippen LogP) is 2.63. The number of halogens is 1. The first-order chi connectivity index (χ1) is 15.8. The minimum absolute atomic E-state index is 0.00937. The molecule has 0 bridgehead atoms. The number of aromatic nitrogens is 4. The Balaban J connectivity index is 1.80. The molecule has 0 spiro atoms. The molecule has 2 aromatic heterocycles. The molecule has 3 N–H and O–H groups in total. The van der Waals surface area contributed by atoms with Gasteiger partial charge in [-0.05, 0) is 39.3 Å². The van der Waals surface area contributed by atoms with Crippen LogP contribution in [0.15, 0.2) is 12.1 Å². The number of hydrogen-bond acceptors (Lipinski definition) is 6. The zero-order valence-corrected chi connectivity index (χ0v) is 18.9. The SMILES string of the molecule is CCn1nc(C)c(F)c1C(=O)Nc1nc2cc(C(N)=O)cc3c2n1CCCO[C@H](C)CCO3. The summed E-state index contributed by atoms with van der Waals surface area (Å²) < 4.78 is 29.5. The van der Waals surface area contributed by atoms with E-state index < -0.39 is 17.6 Å². The number of nitrogens with zero attached hydrogens (tertiary/aromatic N) is 4. The normalized spacial score (nSPS) is 16.8. The van der Waals surface area contributed by atoms with Gasteiger partial charge in [0.25, 0.3) is 5.91 Å². The first kappa shape index (κ1) is 22.7. The summed E-state index contributed by atoms with van der Waals surface area (Å²) in [5.41, 5.74) is 6.77. The number of carbonyl (C=O) groups is 2. The lowest BCUT2D eigenvalue weighted by molar-refractivity contribution is 0.0485. The zero-order valence-electron chi connectivity index (χ0n) is 18.9. The Morgan fingerprint density at radius 2 is 2.12 bits per heavy atom. The molecule has 1 atom stereocenters. The lowest BCUT2D eigenvalue weighted by atomic mass is 10.1. The number of imidazole rings is 1. The van der Waals surface area contributed by atoms with Crippen LogP contribution in [0.2, 0.25) is 0 Å². The molecule has 1 aromatic carbocycles. The molecule has 3 heterocycles. The van der Waals surface area contributed by atoms with Crippen LogP contribution in [0.3, 0.4) is 0 Å². The van der Waals surface area contributed by atoms with Gasteiger partial charge in [-0.3, -0.25) is 19.6 Å². The van der Waals surface area contributed by atoms with Crippen LogP contribution in [-0.2, 0) is 17.8 Å². The highest BCUT2D eigenvalue weighted by Gasteiger charge is 2.25. The molecule has 0 fully saturated rings. The van der Waals surface area contributed by atoms with Crippen molar-refractivity contribution in [2.45, 2.75) is 52.8 Å². The first-order valence-electron chi connectivity index (χ1n) is 10.9. The summed E-state index contributed by atoms with van der Waals surface area (Å²) >= 11 is 0. The number of ether oxygens (including phenoxy) is 2. The maximum atomic E-state index is 14.6. The summed E-state index contributed by atoms with van der Waals surface area (Å²) in [6.45, 7) is 6.92. The van der Waals surface area contributed by atoms with E-state index in [0.717, 1.165) is 0 Å². The fourth-order valence-corrected chi connectivity index (χ4v) is 3.89. The van der Waals surface area contributed by atoms with E-state index in [1.807, 2.05) is 6.92 Å². The van der Waals surface area contributed by atoms with Crippen molar-refractivity contribution in [2.75, 3.05) is 18.5 Å². The van der Waals surface area contributed by atoms with Crippen LogP contribution in [0, 0.1) is 12.7 Å². The number of aryl methyl sites for hydroxylation is 3. The Kier molecular flexibility index (Phi) is 6.32. The fraction of sp³-hybridized carbons (Fsp3) is 0.455. The van der Waals surface area contributed by atoms with Gasteiger partial charge in [-0.15, -0.1) is 0 Å². The Morgan fingerprint density at radius 3 is 2.85 bits per heavy atom. The molecule has 1 aliphatic heterocycles. The molecule has 0 unspecified atom stereocenters. The van der Waals surface area contributed by atoms with Gasteiger partial charge in [-0.1, -0.05) is 0 Å². The van der Waals surface area contributed by atoms with E-state index in [4.69, 9.17) is 15.2 Å². The van der Waals surface area contributed by atoms with Crippen molar-refractivity contribution in [1.82, 2.24) is 19.3 Å². The average Bonchev–Trinajstić information content (AvgIpc) is 3.25. The summed E-state index contributed by atoms with van der Waals surface area (Å²) in [4.78, 5) is 29.4. The predicted molar refractivity (Wildman–Crippen MR) is 119 cm³/mol. The van der Waals surface area contributed by atoms with E-state index in [9.17, 15) is 14.0 Å². The molecule has 3 aromatic rings. The smallest absolute Gasteiger partial charge is 0.279 e. The van der Waals surface area contributed by atoms with Gasteiger partial charge in [0.15, 0.2) is 11.5 Å². The van der Waals surface area contributed by atoms with E-state index in [1.54, 1.807) is 23.6 Å². The van der Waals surface area contributed by atoms with Gasteiger partial charge in [0, 0.05) is 31.7 Å². The second kappa shape index (κ2) is 9.18. The highest BCUT2D eigenvalue weighted by atomic mass is 19.1. The molecule has 2 amide bonds. The highest BCUT2D eigenvalue weighted by Crippen LogP contribution is 2.32. The zero-order chi connectivity index (χ0) is 23.7. The molecule has 33 heavy (non-hydrogen) atoms. The van der Waals surface area contributed by atoms with Gasteiger partial charge in [-0.2, -0.15) is 5.10 Å². The van der Waals surface area contributed by atoms with Gasteiger partial charge in [0.05, 0.1) is 23.9 Å². The van der Waals surface area contributed by atoms with Gasteiger partial charge >= 0.3 is 0 Å². The number of amides is 2. The Bertz CT molecular complexity index is 1220. The van der Waals surface area contributed by atoms with Crippen LogP contribution >= 0.6 is 0 Å². The molecule has 0 aliphatic carbocycles. The van der Waals surface area contributed by atoms with Crippen molar-refractivity contribution in [3.8, 4) is 5.75 Å². The average molecular weight is 458 g/mol. The lowest BCUT2D eigenvalue weighted by Gasteiger charge is -2.13.